The van der Waals surface area contributed by atoms with Gasteiger partial charge in [0, 0.05) is 4.47 Å². The molecular weight excluding hydrogens is 284 g/mol. The molecule has 0 aromatic heterocycles. The van der Waals surface area contributed by atoms with Gasteiger partial charge in [0.15, 0.2) is 6.29 Å². The zero-order valence-electron chi connectivity index (χ0n) is 6.53. The molecule has 0 amide bonds. The fourth-order valence-electron chi connectivity index (χ4n) is 0.930. The summed E-state index contributed by atoms with van der Waals surface area (Å²) in [5.74, 6) is -1.28. The highest BCUT2D eigenvalue weighted by Gasteiger charge is 2.22. The van der Waals surface area contributed by atoms with Crippen LogP contribution in [0, 0.1) is 5.82 Å². The fourth-order valence-corrected chi connectivity index (χ4v) is 1.87. The molecule has 1 rings (SSSR count). The van der Waals surface area contributed by atoms with Crippen LogP contribution in [0.15, 0.2) is 10.5 Å². The van der Waals surface area contributed by atoms with Crippen LogP contribution in [0.1, 0.15) is 22.3 Å². The number of rotatable bonds is 2. The van der Waals surface area contributed by atoms with Gasteiger partial charge in [-0.1, -0.05) is 27.5 Å². The molecule has 0 aliphatic heterocycles. The minimum Gasteiger partial charge on any atom is -0.298 e. The highest BCUT2D eigenvalue weighted by atomic mass is 79.9. The van der Waals surface area contributed by atoms with Crippen molar-refractivity contribution >= 4 is 33.8 Å². The van der Waals surface area contributed by atoms with Crippen LogP contribution < -0.4 is 0 Å². The topological polar surface area (TPSA) is 17.1 Å². The van der Waals surface area contributed by atoms with Gasteiger partial charge >= 0.3 is 0 Å². The molecule has 76 valence electrons. The quantitative estimate of drug-likeness (QED) is 0.752. The lowest BCUT2D eigenvalue weighted by Gasteiger charge is -2.07. The third-order valence-electron chi connectivity index (χ3n) is 1.58. The summed E-state index contributed by atoms with van der Waals surface area (Å²) >= 11 is 8.21. The molecule has 0 bridgehead atoms. The molecular formula is C8H3BrClF3O. The Morgan fingerprint density at radius 3 is 2.50 bits per heavy atom. The molecule has 14 heavy (non-hydrogen) atoms. The van der Waals surface area contributed by atoms with Crippen molar-refractivity contribution in [1.29, 1.82) is 0 Å². The molecule has 6 heteroatoms. The average Bonchev–Trinajstić information content (AvgIpc) is 2.02. The van der Waals surface area contributed by atoms with E-state index in [0.29, 0.717) is 0 Å². The van der Waals surface area contributed by atoms with Crippen LogP contribution in [0.5, 0.6) is 0 Å². The van der Waals surface area contributed by atoms with E-state index in [4.69, 9.17) is 11.6 Å². The zero-order valence-corrected chi connectivity index (χ0v) is 8.87. The second-order valence-corrected chi connectivity index (χ2v) is 3.66. The Labute approximate surface area is 91.0 Å². The van der Waals surface area contributed by atoms with Crippen molar-refractivity contribution < 1.29 is 18.0 Å². The average molecular weight is 287 g/mol. The SMILES string of the molecule is O=Cc1c(Cl)cc(Br)c(C(F)F)c1F. The summed E-state index contributed by atoms with van der Waals surface area (Å²) < 4.78 is 37.7. The molecule has 0 atom stereocenters. The van der Waals surface area contributed by atoms with Gasteiger partial charge in [0.1, 0.15) is 5.82 Å². The normalized spacial score (nSPS) is 10.7. The summed E-state index contributed by atoms with van der Waals surface area (Å²) in [5, 5.41) is -0.200. The Morgan fingerprint density at radius 2 is 2.07 bits per heavy atom. The van der Waals surface area contributed by atoms with E-state index in [2.05, 4.69) is 15.9 Å². The Bertz CT molecular complexity index is 381. The highest BCUT2D eigenvalue weighted by Crippen LogP contribution is 2.34. The lowest BCUT2D eigenvalue weighted by molar-refractivity contribution is 0.111. The Hall–Kier alpha value is -0.550. The molecule has 0 fully saturated rings. The standard InChI is InChI=1S/C8H3BrClF3O/c9-4-1-5(10)3(2-14)7(11)6(4)8(12)13/h1-2,8H. The number of carbonyl (C=O) groups excluding carboxylic acids is 1. The van der Waals surface area contributed by atoms with Crippen LogP contribution >= 0.6 is 27.5 Å². The van der Waals surface area contributed by atoms with E-state index in [1.54, 1.807) is 0 Å². The summed E-state index contributed by atoms with van der Waals surface area (Å²) in [6.07, 6.45) is -2.89. The molecule has 0 aliphatic rings. The molecule has 0 radical (unpaired) electrons. The molecule has 0 spiro atoms. The minimum atomic E-state index is -3.00. The molecule has 0 saturated carbocycles. The van der Waals surface area contributed by atoms with Crippen molar-refractivity contribution in [2.45, 2.75) is 6.43 Å². The first-order valence-electron chi connectivity index (χ1n) is 3.39. The summed E-state index contributed by atoms with van der Waals surface area (Å²) in [4.78, 5) is 10.3. The minimum absolute atomic E-state index is 0.107. The van der Waals surface area contributed by atoms with E-state index < -0.39 is 23.4 Å². The number of carbonyl (C=O) groups is 1. The maximum atomic E-state index is 13.2. The van der Waals surface area contributed by atoms with E-state index >= 15 is 0 Å². The van der Waals surface area contributed by atoms with E-state index in [0.717, 1.165) is 6.07 Å². The van der Waals surface area contributed by atoms with Crippen molar-refractivity contribution in [2.75, 3.05) is 0 Å². The summed E-state index contributed by atoms with van der Waals surface area (Å²) in [5.41, 5.74) is -1.40. The summed E-state index contributed by atoms with van der Waals surface area (Å²) in [6, 6.07) is 1.07. The van der Waals surface area contributed by atoms with E-state index in [-0.39, 0.29) is 15.8 Å². The van der Waals surface area contributed by atoms with Crippen LogP contribution in [0.2, 0.25) is 5.02 Å². The predicted octanol–water partition coefficient (Wildman–Crippen LogP) is 3.99. The largest absolute Gasteiger partial charge is 0.298 e. The number of benzene rings is 1. The second kappa shape index (κ2) is 4.31. The number of hydrogen-bond donors (Lipinski definition) is 0. The molecule has 0 N–H and O–H groups in total. The van der Waals surface area contributed by atoms with Crippen molar-refractivity contribution in [2.24, 2.45) is 0 Å². The summed E-state index contributed by atoms with van der Waals surface area (Å²) in [6.45, 7) is 0. The van der Waals surface area contributed by atoms with Gasteiger partial charge in [-0.25, -0.2) is 13.2 Å². The Balaban J connectivity index is 3.51. The van der Waals surface area contributed by atoms with E-state index in [1.807, 2.05) is 0 Å². The Morgan fingerprint density at radius 1 is 1.50 bits per heavy atom. The van der Waals surface area contributed by atoms with Crippen LogP contribution in [0.4, 0.5) is 13.2 Å². The first-order chi connectivity index (χ1) is 6.49. The van der Waals surface area contributed by atoms with Gasteiger partial charge in [0.2, 0.25) is 0 Å². The van der Waals surface area contributed by atoms with Crippen molar-refractivity contribution in [3.05, 3.63) is 32.5 Å². The lowest BCUT2D eigenvalue weighted by atomic mass is 10.1. The lowest BCUT2D eigenvalue weighted by Crippen LogP contribution is -1.99. The third-order valence-corrected chi connectivity index (χ3v) is 2.55. The molecule has 0 saturated heterocycles. The molecule has 1 aromatic rings. The number of aldehydes is 1. The maximum Gasteiger partial charge on any atom is 0.267 e. The van der Waals surface area contributed by atoms with E-state index in [9.17, 15) is 18.0 Å². The predicted molar refractivity (Wildman–Crippen MR) is 49.5 cm³/mol. The first kappa shape index (κ1) is 11.5. The van der Waals surface area contributed by atoms with Crippen molar-refractivity contribution in [3.8, 4) is 0 Å². The van der Waals surface area contributed by atoms with Gasteiger partial charge in [0.05, 0.1) is 16.1 Å². The zero-order chi connectivity index (χ0) is 10.9. The maximum absolute atomic E-state index is 13.2. The van der Waals surface area contributed by atoms with Gasteiger partial charge < -0.3 is 0 Å². The second-order valence-electron chi connectivity index (χ2n) is 2.40. The molecule has 0 heterocycles. The fraction of sp³-hybridized carbons (Fsp3) is 0.125. The van der Waals surface area contributed by atoms with Crippen LogP contribution in [-0.4, -0.2) is 6.29 Å². The monoisotopic (exact) mass is 286 g/mol. The number of hydrogen-bond acceptors (Lipinski definition) is 1. The summed E-state index contributed by atoms with van der Waals surface area (Å²) in [7, 11) is 0. The van der Waals surface area contributed by atoms with Crippen molar-refractivity contribution in [1.82, 2.24) is 0 Å². The van der Waals surface area contributed by atoms with Crippen LogP contribution in [0.25, 0.3) is 0 Å². The first-order valence-corrected chi connectivity index (χ1v) is 4.56. The highest BCUT2D eigenvalue weighted by molar-refractivity contribution is 9.10. The van der Waals surface area contributed by atoms with Gasteiger partial charge in [-0.15, -0.1) is 0 Å². The van der Waals surface area contributed by atoms with Gasteiger partial charge in [-0.3, -0.25) is 4.79 Å². The number of halogens is 5. The van der Waals surface area contributed by atoms with Gasteiger partial charge in [-0.05, 0) is 6.07 Å². The molecule has 1 aromatic carbocycles. The van der Waals surface area contributed by atoms with Crippen LogP contribution in [-0.2, 0) is 0 Å². The van der Waals surface area contributed by atoms with Crippen LogP contribution in [0.3, 0.4) is 0 Å². The van der Waals surface area contributed by atoms with Crippen molar-refractivity contribution in [3.63, 3.8) is 0 Å². The van der Waals surface area contributed by atoms with Gasteiger partial charge in [-0.2, -0.15) is 0 Å². The van der Waals surface area contributed by atoms with E-state index in [1.165, 1.54) is 0 Å². The third kappa shape index (κ3) is 1.93. The smallest absolute Gasteiger partial charge is 0.267 e. The van der Waals surface area contributed by atoms with Gasteiger partial charge in [0.25, 0.3) is 6.43 Å². The Kier molecular flexibility index (Phi) is 3.55. The molecule has 1 nitrogen and oxygen atoms in total. The molecule has 0 unspecified atom stereocenters. The molecule has 0 aliphatic carbocycles. The number of alkyl halides is 2.